The highest BCUT2D eigenvalue weighted by Gasteiger charge is 2.38. The van der Waals surface area contributed by atoms with Crippen LogP contribution in [-0.4, -0.2) is 28.3 Å². The number of amides is 2. The van der Waals surface area contributed by atoms with Crippen molar-refractivity contribution in [2.75, 3.05) is 11.9 Å². The molecule has 2 heterocycles. The van der Waals surface area contributed by atoms with Crippen LogP contribution in [-0.2, 0) is 9.59 Å². The highest BCUT2D eigenvalue weighted by molar-refractivity contribution is 7.19. The summed E-state index contributed by atoms with van der Waals surface area (Å²) in [6.45, 7) is 4.31. The predicted octanol–water partition coefficient (Wildman–Crippen LogP) is 2.61. The van der Waals surface area contributed by atoms with Crippen LogP contribution in [0.25, 0.3) is 10.6 Å². The smallest absolute Gasteiger partial charge is 0.227 e. The topological polar surface area (TPSA) is 84.0 Å². The molecule has 1 aliphatic rings. The fourth-order valence-electron chi connectivity index (χ4n) is 2.48. The first-order valence-electron chi connectivity index (χ1n) is 8.01. The van der Waals surface area contributed by atoms with Gasteiger partial charge in [-0.25, -0.2) is 4.98 Å². The maximum atomic E-state index is 12.0. The van der Waals surface area contributed by atoms with Gasteiger partial charge < -0.3 is 10.6 Å². The van der Waals surface area contributed by atoms with Crippen molar-refractivity contribution in [2.24, 2.45) is 11.8 Å². The van der Waals surface area contributed by atoms with Crippen molar-refractivity contribution in [3.05, 3.63) is 30.1 Å². The molecule has 2 unspecified atom stereocenters. The van der Waals surface area contributed by atoms with E-state index in [1.54, 1.807) is 6.20 Å². The van der Waals surface area contributed by atoms with Crippen LogP contribution in [0.2, 0.25) is 0 Å². The van der Waals surface area contributed by atoms with Crippen LogP contribution in [0, 0.1) is 18.8 Å². The van der Waals surface area contributed by atoms with Gasteiger partial charge in [0.25, 0.3) is 0 Å². The molecule has 0 bridgehead atoms. The number of nitrogens with one attached hydrogen (secondary N) is 2. The number of anilines is 1. The largest absolute Gasteiger partial charge is 0.355 e. The van der Waals surface area contributed by atoms with Crippen molar-refractivity contribution < 1.29 is 9.59 Å². The summed E-state index contributed by atoms with van der Waals surface area (Å²) in [6.07, 6.45) is 2.92. The minimum absolute atomic E-state index is 0.0535. The van der Waals surface area contributed by atoms with E-state index in [9.17, 15) is 9.59 Å². The fraction of sp³-hybridized carbons (Fsp3) is 0.412. The minimum Gasteiger partial charge on any atom is -0.355 e. The molecular weight excluding hydrogens is 324 g/mol. The van der Waals surface area contributed by atoms with Crippen molar-refractivity contribution in [2.45, 2.75) is 26.7 Å². The number of nitrogens with zero attached hydrogens (tertiary/aromatic N) is 2. The van der Waals surface area contributed by atoms with Crippen molar-refractivity contribution in [3.8, 4) is 10.6 Å². The molecule has 2 aromatic rings. The summed E-state index contributed by atoms with van der Waals surface area (Å²) in [5, 5.41) is 6.15. The second-order valence-corrected chi connectivity index (χ2v) is 7.06. The lowest BCUT2D eigenvalue weighted by molar-refractivity contribution is -0.122. The summed E-state index contributed by atoms with van der Waals surface area (Å²) >= 11 is 1.40. The highest BCUT2D eigenvalue weighted by atomic mass is 32.1. The number of carbonyl (C=O) groups excluding carboxylic acids is 2. The zero-order chi connectivity index (χ0) is 17.1. The molecule has 0 radical (unpaired) electrons. The number of thiazole rings is 1. The predicted molar refractivity (Wildman–Crippen MR) is 93.6 cm³/mol. The van der Waals surface area contributed by atoms with Gasteiger partial charge in [-0.15, -0.1) is 0 Å². The summed E-state index contributed by atoms with van der Waals surface area (Å²) in [4.78, 5) is 33.3. The van der Waals surface area contributed by atoms with Gasteiger partial charge in [-0.1, -0.05) is 24.3 Å². The van der Waals surface area contributed by atoms with E-state index < -0.39 is 0 Å². The molecule has 1 saturated carbocycles. The summed E-state index contributed by atoms with van der Waals surface area (Å²) in [5.74, 6) is 0.510. The van der Waals surface area contributed by atoms with E-state index in [1.807, 2.05) is 25.1 Å². The summed E-state index contributed by atoms with van der Waals surface area (Å²) in [7, 11) is 0. The zero-order valence-electron chi connectivity index (χ0n) is 13.7. The standard InChI is InChI=1S/C17H20N4O2S/c1-10-9-12(10)16(23)19-8-6-14(22)21-17-20-11(2)15(24-17)13-5-3-4-7-18-13/h3-5,7,10,12H,6,8-9H2,1-2H3,(H,19,23)(H,20,21,22). The van der Waals surface area contributed by atoms with E-state index in [4.69, 9.17) is 0 Å². The molecular formula is C17H20N4O2S. The molecule has 1 fully saturated rings. The van der Waals surface area contributed by atoms with Gasteiger partial charge in [-0.05, 0) is 31.4 Å². The lowest BCUT2D eigenvalue weighted by Gasteiger charge is -2.04. The Morgan fingerprint density at radius 3 is 2.83 bits per heavy atom. The normalized spacial score (nSPS) is 18.9. The second kappa shape index (κ2) is 7.09. The Bertz CT molecular complexity index is 744. The first kappa shape index (κ1) is 16.6. The van der Waals surface area contributed by atoms with Crippen molar-refractivity contribution in [1.82, 2.24) is 15.3 Å². The van der Waals surface area contributed by atoms with Gasteiger partial charge in [0.05, 0.1) is 16.3 Å². The molecule has 2 N–H and O–H groups in total. The summed E-state index contributed by atoms with van der Waals surface area (Å²) in [5.41, 5.74) is 1.68. The van der Waals surface area contributed by atoms with E-state index >= 15 is 0 Å². The van der Waals surface area contributed by atoms with Gasteiger partial charge in [-0.2, -0.15) is 0 Å². The third-order valence-corrected chi connectivity index (χ3v) is 5.13. The Morgan fingerprint density at radius 2 is 2.17 bits per heavy atom. The van der Waals surface area contributed by atoms with Crippen LogP contribution >= 0.6 is 11.3 Å². The third-order valence-electron chi connectivity index (χ3n) is 4.04. The Hall–Kier alpha value is -2.28. The molecule has 0 saturated heterocycles. The van der Waals surface area contributed by atoms with Crippen LogP contribution in [0.3, 0.4) is 0 Å². The molecule has 2 aromatic heterocycles. The van der Waals surface area contributed by atoms with E-state index in [-0.39, 0.29) is 24.2 Å². The molecule has 1 aliphatic carbocycles. The number of aromatic nitrogens is 2. The molecule has 0 aliphatic heterocycles. The first-order valence-corrected chi connectivity index (χ1v) is 8.82. The lowest BCUT2D eigenvalue weighted by atomic mass is 10.3. The van der Waals surface area contributed by atoms with Gasteiger partial charge >= 0.3 is 0 Å². The Morgan fingerprint density at radius 1 is 1.38 bits per heavy atom. The number of hydrogen-bond acceptors (Lipinski definition) is 5. The first-order chi connectivity index (χ1) is 11.5. The second-order valence-electron chi connectivity index (χ2n) is 6.06. The van der Waals surface area contributed by atoms with Crippen molar-refractivity contribution >= 4 is 28.3 Å². The monoisotopic (exact) mass is 344 g/mol. The average molecular weight is 344 g/mol. The molecule has 0 aromatic carbocycles. The number of carbonyl (C=O) groups is 2. The number of rotatable bonds is 6. The molecule has 126 valence electrons. The average Bonchev–Trinajstić information content (AvgIpc) is 3.19. The number of aryl methyl sites for hydroxylation is 1. The van der Waals surface area contributed by atoms with Gasteiger partial charge in [0.1, 0.15) is 0 Å². The minimum atomic E-state index is -0.152. The maximum absolute atomic E-state index is 12.0. The maximum Gasteiger partial charge on any atom is 0.227 e. The Balaban J connectivity index is 1.51. The van der Waals surface area contributed by atoms with Gasteiger partial charge in [0.2, 0.25) is 11.8 Å². The van der Waals surface area contributed by atoms with Gasteiger partial charge in [-0.3, -0.25) is 14.6 Å². The van der Waals surface area contributed by atoms with E-state index in [0.717, 1.165) is 22.7 Å². The molecule has 3 rings (SSSR count). The highest BCUT2D eigenvalue weighted by Crippen LogP contribution is 2.37. The Labute approximate surface area is 144 Å². The molecule has 7 heteroatoms. The molecule has 0 spiro atoms. The van der Waals surface area contributed by atoms with Crippen molar-refractivity contribution in [1.29, 1.82) is 0 Å². The van der Waals surface area contributed by atoms with Crippen LogP contribution in [0.4, 0.5) is 5.13 Å². The molecule has 24 heavy (non-hydrogen) atoms. The fourth-order valence-corrected chi connectivity index (χ4v) is 3.44. The summed E-state index contributed by atoms with van der Waals surface area (Å²) in [6, 6.07) is 5.70. The Kier molecular flexibility index (Phi) is 4.89. The SMILES string of the molecule is Cc1nc(NC(=O)CCNC(=O)C2CC2C)sc1-c1ccccn1. The van der Waals surface area contributed by atoms with Crippen molar-refractivity contribution in [3.63, 3.8) is 0 Å². The van der Waals surface area contributed by atoms with Crippen LogP contribution in [0.15, 0.2) is 24.4 Å². The van der Waals surface area contributed by atoms with Crippen LogP contribution in [0.1, 0.15) is 25.5 Å². The molecule has 6 nitrogen and oxygen atoms in total. The lowest BCUT2D eigenvalue weighted by Crippen LogP contribution is -2.29. The quantitative estimate of drug-likeness (QED) is 0.844. The van der Waals surface area contributed by atoms with Crippen LogP contribution in [0.5, 0.6) is 0 Å². The van der Waals surface area contributed by atoms with Crippen LogP contribution < -0.4 is 10.6 Å². The summed E-state index contributed by atoms with van der Waals surface area (Å²) < 4.78 is 0. The number of pyridine rings is 1. The van der Waals surface area contributed by atoms with E-state index in [2.05, 4.69) is 27.5 Å². The molecule has 2 amide bonds. The zero-order valence-corrected chi connectivity index (χ0v) is 14.5. The third kappa shape index (κ3) is 3.97. The van der Waals surface area contributed by atoms with Gasteiger partial charge in [0.15, 0.2) is 5.13 Å². The van der Waals surface area contributed by atoms with Gasteiger partial charge in [0, 0.05) is 25.1 Å². The molecule has 2 atom stereocenters. The number of hydrogen-bond donors (Lipinski definition) is 2. The van der Waals surface area contributed by atoms with E-state index in [1.165, 1.54) is 11.3 Å². The van der Waals surface area contributed by atoms with E-state index in [0.29, 0.717) is 17.6 Å².